The smallest absolute Gasteiger partial charge is 0.0366 e. The molecule has 4 aromatic carbocycles. The summed E-state index contributed by atoms with van der Waals surface area (Å²) in [6.45, 7) is 17.1. The van der Waals surface area contributed by atoms with Crippen LogP contribution in [-0.2, 0) is 0 Å². The molecule has 0 radical (unpaired) electrons. The van der Waals surface area contributed by atoms with Gasteiger partial charge in [-0.1, -0.05) is 103 Å². The molecular weight excluding hydrogens is 508 g/mol. The molecule has 0 aliphatic carbocycles. The fourth-order valence-corrected chi connectivity index (χ4v) is 5.43. The van der Waals surface area contributed by atoms with Gasteiger partial charge in [0.1, 0.15) is 0 Å². The van der Waals surface area contributed by atoms with E-state index < -0.39 is 0 Å². The molecule has 0 N–H and O–H groups in total. The highest BCUT2D eigenvalue weighted by molar-refractivity contribution is 5.83. The summed E-state index contributed by atoms with van der Waals surface area (Å²) in [6, 6.07) is 35.7. The number of rotatable bonds is 11. The first-order valence-electron chi connectivity index (χ1n) is 15.4. The van der Waals surface area contributed by atoms with Crippen LogP contribution in [0.15, 0.2) is 115 Å². The molecule has 0 spiro atoms. The number of benzene rings is 4. The third-order valence-corrected chi connectivity index (χ3v) is 8.06. The van der Waals surface area contributed by atoms with Gasteiger partial charge in [-0.3, -0.25) is 0 Å². The second kappa shape index (κ2) is 15.1. The number of hydrogen-bond acceptors (Lipinski definition) is 2. The van der Waals surface area contributed by atoms with E-state index in [0.717, 1.165) is 26.2 Å². The highest BCUT2D eigenvalue weighted by atomic mass is 15.1. The third kappa shape index (κ3) is 7.50. The summed E-state index contributed by atoms with van der Waals surface area (Å²) in [6.07, 6.45) is 8.86. The first-order valence-corrected chi connectivity index (χ1v) is 15.4. The molecule has 0 aliphatic heterocycles. The van der Waals surface area contributed by atoms with E-state index >= 15 is 0 Å². The molecule has 0 saturated carbocycles. The van der Waals surface area contributed by atoms with E-state index in [1.807, 2.05) is 0 Å². The molecule has 216 valence electrons. The van der Waals surface area contributed by atoms with Crippen LogP contribution in [0.4, 0.5) is 11.4 Å². The summed E-state index contributed by atoms with van der Waals surface area (Å²) >= 11 is 0. The van der Waals surface area contributed by atoms with Gasteiger partial charge in [0.15, 0.2) is 0 Å². The average molecular weight is 555 g/mol. The molecule has 4 rings (SSSR count). The van der Waals surface area contributed by atoms with Crippen LogP contribution in [0, 0.1) is 6.92 Å². The van der Waals surface area contributed by atoms with Crippen molar-refractivity contribution in [2.45, 2.75) is 41.5 Å². The summed E-state index contributed by atoms with van der Waals surface area (Å²) in [7, 11) is 0. The SMILES string of the molecule is CC=c1ccc(=C(C=CC=C(c2ccc(N(CC)CC)cc2)c2ccc(N(CC)CC)cc2)c2ccc(C)cc2)cc1. The lowest BCUT2D eigenvalue weighted by atomic mass is 9.96. The van der Waals surface area contributed by atoms with Crippen LogP contribution in [0.2, 0.25) is 0 Å². The lowest BCUT2D eigenvalue weighted by Gasteiger charge is -2.22. The van der Waals surface area contributed by atoms with E-state index in [1.165, 1.54) is 55.2 Å². The van der Waals surface area contributed by atoms with Gasteiger partial charge in [0, 0.05) is 37.6 Å². The Bertz CT molecular complexity index is 1520. The molecule has 0 aromatic heterocycles. The third-order valence-electron chi connectivity index (χ3n) is 8.06. The zero-order valence-corrected chi connectivity index (χ0v) is 26.3. The summed E-state index contributed by atoms with van der Waals surface area (Å²) in [5.74, 6) is 0. The summed E-state index contributed by atoms with van der Waals surface area (Å²) in [4.78, 5) is 4.77. The normalized spacial score (nSPS) is 10.9. The Kier molecular flexibility index (Phi) is 11.0. The molecule has 0 saturated heterocycles. The van der Waals surface area contributed by atoms with Gasteiger partial charge in [0.05, 0.1) is 0 Å². The van der Waals surface area contributed by atoms with Gasteiger partial charge in [-0.2, -0.15) is 0 Å². The van der Waals surface area contributed by atoms with Crippen LogP contribution in [0.25, 0.3) is 17.2 Å². The quantitative estimate of drug-likeness (QED) is 0.172. The molecule has 0 fully saturated rings. The second-order valence-corrected chi connectivity index (χ2v) is 10.6. The molecule has 0 heterocycles. The van der Waals surface area contributed by atoms with Gasteiger partial charge in [-0.15, -0.1) is 0 Å². The van der Waals surface area contributed by atoms with Crippen molar-refractivity contribution in [3.05, 3.63) is 148 Å². The Morgan fingerprint density at radius 3 is 1.45 bits per heavy atom. The first-order chi connectivity index (χ1) is 20.5. The molecule has 0 bridgehead atoms. The molecule has 0 aliphatic rings. The molecule has 42 heavy (non-hydrogen) atoms. The monoisotopic (exact) mass is 554 g/mol. The predicted octanol–water partition coefficient (Wildman–Crippen LogP) is 8.37. The van der Waals surface area contributed by atoms with Crippen molar-refractivity contribution in [2.75, 3.05) is 36.0 Å². The molecule has 0 atom stereocenters. The van der Waals surface area contributed by atoms with Crippen molar-refractivity contribution >= 4 is 28.6 Å². The molecule has 2 heteroatoms. The molecule has 0 amide bonds. The first kappa shape index (κ1) is 30.7. The van der Waals surface area contributed by atoms with Crippen molar-refractivity contribution in [3.63, 3.8) is 0 Å². The van der Waals surface area contributed by atoms with Crippen LogP contribution < -0.4 is 20.2 Å². The molecule has 0 unspecified atom stereocenters. The Labute approximate surface area is 253 Å². The molecule has 4 aromatic rings. The number of allylic oxidation sites excluding steroid dienone is 3. The molecule has 2 nitrogen and oxygen atoms in total. The maximum atomic E-state index is 2.39. The minimum Gasteiger partial charge on any atom is -0.372 e. The van der Waals surface area contributed by atoms with Crippen LogP contribution in [0.5, 0.6) is 0 Å². The highest BCUT2D eigenvalue weighted by Crippen LogP contribution is 2.28. The van der Waals surface area contributed by atoms with Gasteiger partial charge < -0.3 is 9.80 Å². The maximum Gasteiger partial charge on any atom is 0.0366 e. The predicted molar refractivity (Wildman–Crippen MR) is 186 cm³/mol. The highest BCUT2D eigenvalue weighted by Gasteiger charge is 2.09. The summed E-state index contributed by atoms with van der Waals surface area (Å²) < 4.78 is 0. The van der Waals surface area contributed by atoms with Gasteiger partial charge in [-0.25, -0.2) is 0 Å². The van der Waals surface area contributed by atoms with E-state index in [2.05, 4.69) is 173 Å². The lowest BCUT2D eigenvalue weighted by molar-refractivity contribution is 0.866. The second-order valence-electron chi connectivity index (χ2n) is 10.6. The Balaban J connectivity index is 1.81. The molecular formula is C40H46N2. The van der Waals surface area contributed by atoms with E-state index in [4.69, 9.17) is 0 Å². The van der Waals surface area contributed by atoms with Gasteiger partial charge in [0.2, 0.25) is 0 Å². The van der Waals surface area contributed by atoms with Crippen molar-refractivity contribution < 1.29 is 0 Å². The zero-order chi connectivity index (χ0) is 29.9. The maximum absolute atomic E-state index is 2.39. The van der Waals surface area contributed by atoms with Crippen molar-refractivity contribution in [1.82, 2.24) is 0 Å². The van der Waals surface area contributed by atoms with E-state index in [9.17, 15) is 0 Å². The van der Waals surface area contributed by atoms with Crippen molar-refractivity contribution in [1.29, 1.82) is 0 Å². The minimum atomic E-state index is 1.00. The standard InChI is InChI=1S/C40H46N2/c1-7-32-17-21-34(22-18-32)39(33-19-15-31(6)16-20-33)13-12-14-40(35-23-27-37(28-24-35)41(8-2)9-3)36-25-29-38(30-26-36)42(10-4)11-5/h7,12-30H,8-11H2,1-6H3. The van der Waals surface area contributed by atoms with Crippen LogP contribution in [-0.4, -0.2) is 26.2 Å². The van der Waals surface area contributed by atoms with Gasteiger partial charge in [-0.05, 0) is 104 Å². The van der Waals surface area contributed by atoms with Crippen molar-refractivity contribution in [3.8, 4) is 0 Å². The largest absolute Gasteiger partial charge is 0.372 e. The fraction of sp³-hybridized carbons (Fsp3) is 0.250. The number of aryl methyl sites for hydroxylation is 1. The van der Waals surface area contributed by atoms with E-state index in [0.29, 0.717) is 0 Å². The van der Waals surface area contributed by atoms with Crippen LogP contribution in [0.1, 0.15) is 56.9 Å². The van der Waals surface area contributed by atoms with Crippen LogP contribution >= 0.6 is 0 Å². The Morgan fingerprint density at radius 2 is 1.02 bits per heavy atom. The summed E-state index contributed by atoms with van der Waals surface area (Å²) in [5.41, 5.74) is 9.85. The van der Waals surface area contributed by atoms with E-state index in [1.54, 1.807) is 0 Å². The topological polar surface area (TPSA) is 6.48 Å². The minimum absolute atomic E-state index is 1.00. The number of hydrogen-bond donors (Lipinski definition) is 0. The fourth-order valence-electron chi connectivity index (χ4n) is 5.43. The van der Waals surface area contributed by atoms with Crippen molar-refractivity contribution in [2.24, 2.45) is 0 Å². The summed E-state index contributed by atoms with van der Waals surface area (Å²) in [5, 5.41) is 2.44. The van der Waals surface area contributed by atoms with Gasteiger partial charge in [0.25, 0.3) is 0 Å². The van der Waals surface area contributed by atoms with Crippen LogP contribution in [0.3, 0.4) is 0 Å². The Hall–Kier alpha value is -4.30. The lowest BCUT2D eigenvalue weighted by Crippen LogP contribution is -2.21. The van der Waals surface area contributed by atoms with E-state index in [-0.39, 0.29) is 0 Å². The average Bonchev–Trinajstić information content (AvgIpc) is 3.04. The van der Waals surface area contributed by atoms with Gasteiger partial charge >= 0.3 is 0 Å². The number of nitrogens with zero attached hydrogens (tertiary/aromatic N) is 2. The number of anilines is 2. The Morgan fingerprint density at radius 1 is 0.571 bits per heavy atom. The zero-order valence-electron chi connectivity index (χ0n) is 26.3.